The van der Waals surface area contributed by atoms with Crippen molar-refractivity contribution in [3.8, 4) is 5.75 Å². The minimum Gasteiger partial charge on any atom is -0.496 e. The lowest BCUT2D eigenvalue weighted by molar-refractivity contribution is -0.0339. The van der Waals surface area contributed by atoms with Gasteiger partial charge in [0.15, 0.2) is 0 Å². The van der Waals surface area contributed by atoms with E-state index in [0.29, 0.717) is 11.3 Å². The van der Waals surface area contributed by atoms with Crippen LogP contribution in [0.25, 0.3) is 5.53 Å². The lowest BCUT2D eigenvalue weighted by Crippen LogP contribution is -2.55. The van der Waals surface area contributed by atoms with Crippen LogP contribution in [0.2, 0.25) is 0 Å². The van der Waals surface area contributed by atoms with Gasteiger partial charge in [-0.25, -0.2) is 0 Å². The molecule has 0 unspecified atom stereocenters. The average Bonchev–Trinajstić information content (AvgIpc) is 2.55. The Kier molecular flexibility index (Phi) is 4.15. The highest BCUT2D eigenvalue weighted by Crippen LogP contribution is 2.56. The number of hydrogen-bond acceptors (Lipinski definition) is 2. The normalized spacial score (nSPS) is 27.6. The van der Waals surface area contributed by atoms with E-state index in [1.807, 2.05) is 6.07 Å². The molecule has 0 saturated heterocycles. The average molecular weight is 340 g/mol. The van der Waals surface area contributed by atoms with Crippen molar-refractivity contribution >= 4 is 11.5 Å². The summed E-state index contributed by atoms with van der Waals surface area (Å²) in [7, 11) is 1.68. The molecule has 2 aliphatic carbocycles. The van der Waals surface area contributed by atoms with Crippen LogP contribution < -0.4 is 4.74 Å². The summed E-state index contributed by atoms with van der Waals surface area (Å²) in [5, 5.41) is 0. The molecule has 25 heavy (non-hydrogen) atoms. The first-order chi connectivity index (χ1) is 11.7. The molecule has 0 heterocycles. The molecule has 0 spiro atoms. The van der Waals surface area contributed by atoms with Gasteiger partial charge in [0.2, 0.25) is 0 Å². The van der Waals surface area contributed by atoms with Gasteiger partial charge in [-0.15, -0.1) is 0 Å². The van der Waals surface area contributed by atoms with E-state index in [-0.39, 0.29) is 28.4 Å². The highest BCUT2D eigenvalue weighted by atomic mass is 16.5. The number of fused-ring (bicyclic) bond motifs is 3. The number of rotatable bonds is 2. The van der Waals surface area contributed by atoms with E-state index in [0.717, 1.165) is 36.1 Å². The number of carbonyl (C=O) groups excluding carboxylic acids is 1. The Balaban J connectivity index is 2.35. The van der Waals surface area contributed by atoms with Crippen molar-refractivity contribution in [3.05, 3.63) is 34.4 Å². The molecule has 0 N–H and O–H groups in total. The van der Waals surface area contributed by atoms with Crippen LogP contribution in [0.15, 0.2) is 12.1 Å². The fourth-order valence-electron chi connectivity index (χ4n) is 5.28. The van der Waals surface area contributed by atoms with Gasteiger partial charge < -0.3 is 10.3 Å². The van der Waals surface area contributed by atoms with Gasteiger partial charge >= 0.3 is 5.71 Å². The smallest absolute Gasteiger partial charge is 0.343 e. The van der Waals surface area contributed by atoms with Gasteiger partial charge in [-0.1, -0.05) is 41.0 Å². The van der Waals surface area contributed by atoms with E-state index in [4.69, 9.17) is 4.74 Å². The number of ketones is 1. The standard InChI is InChI=1S/C21H28N2O2/c1-12(2)13-10-14-15(11-16(13)25-6)21(5)9-7-8-20(3,4)19(21)17(23-22)18(14)24/h10-12,19H,7-9H2,1-6H3/t19-,21+/m0/s1. The maximum atomic E-state index is 13.2. The largest absolute Gasteiger partial charge is 0.496 e. The first-order valence-corrected chi connectivity index (χ1v) is 9.16. The topological polar surface area (TPSA) is 62.7 Å². The molecule has 0 amide bonds. The summed E-state index contributed by atoms with van der Waals surface area (Å²) >= 11 is 0. The van der Waals surface area contributed by atoms with Gasteiger partial charge in [0, 0.05) is 11.0 Å². The number of methoxy groups -OCH3 is 1. The Labute approximate surface area is 150 Å². The highest BCUT2D eigenvalue weighted by molar-refractivity contribution is 6.46. The number of nitrogens with zero attached hydrogens (tertiary/aromatic N) is 2. The van der Waals surface area contributed by atoms with E-state index in [2.05, 4.69) is 45.5 Å². The molecule has 2 atom stereocenters. The summed E-state index contributed by atoms with van der Waals surface area (Å²) in [5.41, 5.74) is 12.4. The van der Waals surface area contributed by atoms with Gasteiger partial charge in [0.1, 0.15) is 5.75 Å². The zero-order valence-electron chi connectivity index (χ0n) is 16.1. The van der Waals surface area contributed by atoms with E-state index < -0.39 is 0 Å². The summed E-state index contributed by atoms with van der Waals surface area (Å²) in [6.45, 7) is 10.7. The summed E-state index contributed by atoms with van der Waals surface area (Å²) in [6, 6.07) is 4.01. The van der Waals surface area contributed by atoms with Crippen LogP contribution in [-0.4, -0.2) is 23.4 Å². The molecule has 134 valence electrons. The second-order valence-electron chi connectivity index (χ2n) is 8.80. The van der Waals surface area contributed by atoms with Crippen molar-refractivity contribution in [2.45, 2.75) is 65.2 Å². The van der Waals surface area contributed by atoms with E-state index in [1.165, 1.54) is 0 Å². The number of carbonyl (C=O) groups is 1. The van der Waals surface area contributed by atoms with Crippen LogP contribution in [0.3, 0.4) is 0 Å². The van der Waals surface area contributed by atoms with Gasteiger partial charge in [-0.2, -0.15) is 4.79 Å². The van der Waals surface area contributed by atoms with Gasteiger partial charge in [-0.3, -0.25) is 4.79 Å². The summed E-state index contributed by atoms with van der Waals surface area (Å²) in [5.74, 6) is 0.859. The minimum absolute atomic E-state index is 0.0895. The highest BCUT2D eigenvalue weighted by Gasteiger charge is 2.59. The molecule has 0 aromatic heterocycles. The second-order valence-corrected chi connectivity index (χ2v) is 8.80. The Morgan fingerprint density at radius 3 is 2.48 bits per heavy atom. The van der Waals surface area contributed by atoms with Crippen molar-refractivity contribution < 1.29 is 14.3 Å². The number of benzene rings is 1. The molecule has 2 aliphatic rings. The van der Waals surface area contributed by atoms with Gasteiger partial charge in [-0.05, 0) is 47.4 Å². The van der Waals surface area contributed by atoms with Crippen LogP contribution in [0.5, 0.6) is 5.75 Å². The number of ether oxygens (including phenoxy) is 1. The molecule has 1 saturated carbocycles. The van der Waals surface area contributed by atoms with Gasteiger partial charge in [0.05, 0.1) is 13.0 Å². The van der Waals surface area contributed by atoms with Crippen LogP contribution >= 0.6 is 0 Å². The van der Waals surface area contributed by atoms with E-state index in [9.17, 15) is 10.3 Å². The SMILES string of the molecule is COc1cc2c(cc1C(C)C)C(=O)C(=[N+]=[N-])[C@H]1C(C)(C)CCC[C@]21C. The summed E-state index contributed by atoms with van der Waals surface area (Å²) < 4.78 is 5.65. The van der Waals surface area contributed by atoms with Crippen molar-refractivity contribution in [1.82, 2.24) is 0 Å². The number of hydrogen-bond donors (Lipinski definition) is 0. The maximum absolute atomic E-state index is 13.2. The number of Topliss-reactive ketones (excluding diaryl/α,β-unsaturated/α-hetero) is 1. The fraction of sp³-hybridized carbons (Fsp3) is 0.619. The maximum Gasteiger partial charge on any atom is 0.343 e. The molecule has 1 aromatic carbocycles. The fourth-order valence-corrected chi connectivity index (χ4v) is 5.28. The third kappa shape index (κ3) is 2.46. The Morgan fingerprint density at radius 2 is 1.92 bits per heavy atom. The van der Waals surface area contributed by atoms with E-state index in [1.54, 1.807) is 7.11 Å². The summed E-state index contributed by atoms with van der Waals surface area (Å²) in [4.78, 5) is 16.7. The Hall–Kier alpha value is -1.93. The van der Waals surface area contributed by atoms with Crippen LogP contribution in [0.4, 0.5) is 0 Å². The predicted molar refractivity (Wildman–Crippen MR) is 98.5 cm³/mol. The molecule has 1 fully saturated rings. The third-order valence-corrected chi connectivity index (χ3v) is 6.40. The zero-order valence-corrected chi connectivity index (χ0v) is 16.1. The van der Waals surface area contributed by atoms with Crippen molar-refractivity contribution in [2.75, 3.05) is 7.11 Å². The zero-order chi connectivity index (χ0) is 18.6. The van der Waals surface area contributed by atoms with Crippen molar-refractivity contribution in [2.24, 2.45) is 11.3 Å². The third-order valence-electron chi connectivity index (χ3n) is 6.40. The molecule has 0 aliphatic heterocycles. The second kappa shape index (κ2) is 5.81. The first kappa shape index (κ1) is 17.9. The molecule has 4 heteroatoms. The molecular formula is C21H28N2O2. The molecule has 4 nitrogen and oxygen atoms in total. The molecule has 0 radical (unpaired) electrons. The Morgan fingerprint density at radius 1 is 1.24 bits per heavy atom. The van der Waals surface area contributed by atoms with Crippen LogP contribution in [0, 0.1) is 11.3 Å². The quantitative estimate of drug-likeness (QED) is 0.575. The van der Waals surface area contributed by atoms with Crippen LogP contribution in [-0.2, 0) is 5.41 Å². The van der Waals surface area contributed by atoms with Crippen molar-refractivity contribution in [1.29, 1.82) is 0 Å². The first-order valence-electron chi connectivity index (χ1n) is 9.16. The van der Waals surface area contributed by atoms with Gasteiger partial charge in [0.25, 0.3) is 5.78 Å². The molecule has 1 aromatic rings. The predicted octanol–water partition coefficient (Wildman–Crippen LogP) is 4.77. The lowest BCUT2D eigenvalue weighted by atomic mass is 9.49. The molecule has 0 bridgehead atoms. The lowest BCUT2D eigenvalue weighted by Gasteiger charge is -2.51. The molecular weight excluding hydrogens is 312 g/mol. The minimum atomic E-state index is -0.227. The van der Waals surface area contributed by atoms with Crippen LogP contribution in [0.1, 0.15) is 81.3 Å². The summed E-state index contributed by atoms with van der Waals surface area (Å²) in [6.07, 6.45) is 3.10. The molecule has 3 rings (SSSR count). The van der Waals surface area contributed by atoms with E-state index >= 15 is 0 Å². The Bertz CT molecular complexity index is 787. The van der Waals surface area contributed by atoms with Crippen molar-refractivity contribution in [3.63, 3.8) is 0 Å². The monoisotopic (exact) mass is 340 g/mol.